The van der Waals surface area contributed by atoms with E-state index in [-0.39, 0.29) is 6.04 Å². The average Bonchev–Trinajstić information content (AvgIpc) is 3.13. The number of piperidine rings is 1. The summed E-state index contributed by atoms with van der Waals surface area (Å²) in [5.41, 5.74) is 9.88. The van der Waals surface area contributed by atoms with Gasteiger partial charge >= 0.3 is 0 Å². The van der Waals surface area contributed by atoms with E-state index in [0.717, 1.165) is 48.7 Å². The topological polar surface area (TPSA) is 62.1 Å². The molecule has 4 nitrogen and oxygen atoms in total. The summed E-state index contributed by atoms with van der Waals surface area (Å²) in [4.78, 5) is 17.3. The fraction of sp³-hybridized carbons (Fsp3) is 0.318. The van der Waals surface area contributed by atoms with Crippen LogP contribution < -0.4 is 5.73 Å². The minimum Gasteiger partial charge on any atom is -0.361 e. The monoisotopic (exact) mass is 347 g/mol. The molecular formula is C22H25N3O. The minimum atomic E-state index is -0.525. The fourth-order valence-corrected chi connectivity index (χ4v) is 4.30. The van der Waals surface area contributed by atoms with Crippen molar-refractivity contribution in [3.8, 4) is 0 Å². The molecule has 0 bridgehead atoms. The summed E-state index contributed by atoms with van der Waals surface area (Å²) in [6, 6.07) is 18.3. The number of carbonyl (C=O) groups is 1. The van der Waals surface area contributed by atoms with Gasteiger partial charge in [-0.1, -0.05) is 48.5 Å². The van der Waals surface area contributed by atoms with Crippen LogP contribution >= 0.6 is 0 Å². The van der Waals surface area contributed by atoms with Crippen LogP contribution in [0.4, 0.5) is 0 Å². The van der Waals surface area contributed by atoms with Gasteiger partial charge in [0.15, 0.2) is 0 Å². The van der Waals surface area contributed by atoms with Crippen molar-refractivity contribution in [1.82, 2.24) is 9.88 Å². The number of aromatic amines is 1. The van der Waals surface area contributed by atoms with Crippen molar-refractivity contribution in [3.63, 3.8) is 0 Å². The Labute approximate surface area is 154 Å². The molecule has 1 aromatic heterocycles. The van der Waals surface area contributed by atoms with E-state index in [9.17, 15) is 4.79 Å². The lowest BCUT2D eigenvalue weighted by Crippen LogP contribution is -2.45. The smallest absolute Gasteiger partial charge is 0.138 e. The van der Waals surface area contributed by atoms with Gasteiger partial charge < -0.3 is 15.5 Å². The van der Waals surface area contributed by atoms with Crippen molar-refractivity contribution in [2.75, 3.05) is 13.1 Å². The summed E-state index contributed by atoms with van der Waals surface area (Å²) in [5, 5.41) is 1.15. The molecule has 1 aliphatic heterocycles. The summed E-state index contributed by atoms with van der Waals surface area (Å²) in [7, 11) is 0. The van der Waals surface area contributed by atoms with Crippen LogP contribution in [0.5, 0.6) is 0 Å². The molecule has 3 N–H and O–H groups in total. The standard InChI is InChI=1S/C22H25N3O/c23-20(15-26)22(19-14-24-21-9-5-4-8-18(19)21)25-12-10-17(11-13-25)16-6-2-1-3-7-16/h1-9,14-15,17,20,22,24H,10-13,23H2. The molecule has 0 saturated carbocycles. The Hall–Kier alpha value is -2.43. The predicted molar refractivity (Wildman–Crippen MR) is 105 cm³/mol. The number of rotatable bonds is 5. The van der Waals surface area contributed by atoms with E-state index in [1.165, 1.54) is 5.56 Å². The van der Waals surface area contributed by atoms with Gasteiger partial charge in [-0.3, -0.25) is 4.90 Å². The van der Waals surface area contributed by atoms with Gasteiger partial charge in [0.2, 0.25) is 0 Å². The van der Waals surface area contributed by atoms with Gasteiger partial charge in [0, 0.05) is 17.1 Å². The lowest BCUT2D eigenvalue weighted by Gasteiger charge is -2.39. The van der Waals surface area contributed by atoms with E-state index < -0.39 is 6.04 Å². The van der Waals surface area contributed by atoms with Crippen molar-refractivity contribution in [2.45, 2.75) is 30.8 Å². The molecule has 0 aliphatic carbocycles. The molecule has 0 radical (unpaired) electrons. The van der Waals surface area contributed by atoms with E-state index in [4.69, 9.17) is 5.73 Å². The maximum absolute atomic E-state index is 11.5. The highest BCUT2D eigenvalue weighted by atomic mass is 16.1. The SMILES string of the molecule is NC(C=O)C(c1c[nH]c2ccccc12)N1CCC(c2ccccc2)CC1. The molecule has 1 fully saturated rings. The number of benzene rings is 2. The van der Waals surface area contributed by atoms with Crippen LogP contribution in [0.1, 0.15) is 35.9 Å². The Bertz CT molecular complexity index is 865. The van der Waals surface area contributed by atoms with Crippen LogP contribution in [0.2, 0.25) is 0 Å². The molecule has 2 aromatic carbocycles. The summed E-state index contributed by atoms with van der Waals surface area (Å²) in [5.74, 6) is 0.587. The lowest BCUT2D eigenvalue weighted by atomic mass is 9.87. The number of aldehydes is 1. The van der Waals surface area contributed by atoms with Gasteiger partial charge in [-0.05, 0) is 49.0 Å². The molecule has 1 aliphatic rings. The highest BCUT2D eigenvalue weighted by Gasteiger charge is 2.32. The maximum Gasteiger partial charge on any atom is 0.138 e. The number of likely N-dealkylation sites (tertiary alicyclic amines) is 1. The summed E-state index contributed by atoms with van der Waals surface area (Å²) in [6.45, 7) is 1.90. The molecule has 26 heavy (non-hydrogen) atoms. The number of para-hydroxylation sites is 1. The zero-order valence-corrected chi connectivity index (χ0v) is 14.8. The van der Waals surface area contributed by atoms with Gasteiger partial charge in [-0.25, -0.2) is 0 Å². The maximum atomic E-state index is 11.5. The second-order valence-electron chi connectivity index (χ2n) is 7.17. The van der Waals surface area contributed by atoms with Gasteiger partial charge in [0.1, 0.15) is 6.29 Å². The van der Waals surface area contributed by atoms with Crippen molar-refractivity contribution < 1.29 is 4.79 Å². The molecule has 4 heteroatoms. The van der Waals surface area contributed by atoms with E-state index in [1.54, 1.807) is 0 Å². The van der Waals surface area contributed by atoms with Crippen LogP contribution in [-0.4, -0.2) is 35.3 Å². The Morgan fingerprint density at radius 3 is 2.46 bits per heavy atom. The highest BCUT2D eigenvalue weighted by Crippen LogP contribution is 2.35. The van der Waals surface area contributed by atoms with Gasteiger partial charge in [-0.15, -0.1) is 0 Å². The molecule has 0 spiro atoms. The predicted octanol–water partition coefficient (Wildman–Crippen LogP) is 3.61. The van der Waals surface area contributed by atoms with E-state index in [2.05, 4.69) is 52.3 Å². The zero-order chi connectivity index (χ0) is 17.9. The molecule has 4 rings (SSSR count). The molecule has 0 amide bonds. The molecule has 3 aromatic rings. The van der Waals surface area contributed by atoms with Crippen molar-refractivity contribution in [2.24, 2.45) is 5.73 Å². The quantitative estimate of drug-likeness (QED) is 0.693. The van der Waals surface area contributed by atoms with Crippen molar-refractivity contribution in [3.05, 3.63) is 71.9 Å². The molecule has 2 heterocycles. The van der Waals surface area contributed by atoms with Gasteiger partial charge in [0.05, 0.1) is 12.1 Å². The first-order valence-electron chi connectivity index (χ1n) is 9.34. The number of nitrogens with zero attached hydrogens (tertiary/aromatic N) is 1. The number of nitrogens with two attached hydrogens (primary N) is 1. The first-order valence-corrected chi connectivity index (χ1v) is 9.34. The number of aromatic nitrogens is 1. The van der Waals surface area contributed by atoms with Crippen LogP contribution in [0, 0.1) is 0 Å². The number of hydrogen-bond acceptors (Lipinski definition) is 3. The minimum absolute atomic E-state index is 0.0830. The number of carbonyl (C=O) groups excluding carboxylic acids is 1. The Kier molecular flexibility index (Phi) is 4.87. The lowest BCUT2D eigenvalue weighted by molar-refractivity contribution is -0.110. The van der Waals surface area contributed by atoms with E-state index in [0.29, 0.717) is 5.92 Å². The molecular weight excluding hydrogens is 322 g/mol. The number of hydrogen-bond donors (Lipinski definition) is 2. The molecule has 134 valence electrons. The first-order chi connectivity index (χ1) is 12.8. The number of H-pyrrole nitrogens is 1. The number of nitrogens with one attached hydrogen (secondary N) is 1. The van der Waals surface area contributed by atoms with Gasteiger partial charge in [-0.2, -0.15) is 0 Å². The van der Waals surface area contributed by atoms with Gasteiger partial charge in [0.25, 0.3) is 0 Å². The Balaban J connectivity index is 1.58. The highest BCUT2D eigenvalue weighted by molar-refractivity contribution is 5.84. The average molecular weight is 347 g/mol. The normalized spacial score (nSPS) is 18.7. The van der Waals surface area contributed by atoms with E-state index >= 15 is 0 Å². The summed E-state index contributed by atoms with van der Waals surface area (Å²) < 4.78 is 0. The first kappa shape index (κ1) is 17.0. The Morgan fingerprint density at radius 1 is 1.04 bits per heavy atom. The van der Waals surface area contributed by atoms with Crippen LogP contribution in [0.3, 0.4) is 0 Å². The Morgan fingerprint density at radius 2 is 1.73 bits per heavy atom. The van der Waals surface area contributed by atoms with Crippen LogP contribution in [0.15, 0.2) is 60.8 Å². The second kappa shape index (κ2) is 7.44. The van der Waals surface area contributed by atoms with Crippen molar-refractivity contribution in [1.29, 1.82) is 0 Å². The van der Waals surface area contributed by atoms with Crippen LogP contribution in [0.25, 0.3) is 10.9 Å². The third kappa shape index (κ3) is 3.18. The zero-order valence-electron chi connectivity index (χ0n) is 14.8. The van der Waals surface area contributed by atoms with E-state index in [1.807, 2.05) is 18.3 Å². The molecule has 1 saturated heterocycles. The van der Waals surface area contributed by atoms with Crippen LogP contribution in [-0.2, 0) is 4.79 Å². The largest absolute Gasteiger partial charge is 0.361 e. The third-order valence-corrected chi connectivity index (χ3v) is 5.66. The summed E-state index contributed by atoms with van der Waals surface area (Å²) in [6.07, 6.45) is 5.08. The second-order valence-corrected chi connectivity index (χ2v) is 7.17. The third-order valence-electron chi connectivity index (χ3n) is 5.66. The van der Waals surface area contributed by atoms with Crippen molar-refractivity contribution >= 4 is 17.2 Å². The summed E-state index contributed by atoms with van der Waals surface area (Å²) >= 11 is 0. The number of fused-ring (bicyclic) bond motifs is 1. The molecule has 2 unspecified atom stereocenters. The molecule has 2 atom stereocenters. The fourth-order valence-electron chi connectivity index (χ4n) is 4.30.